The Kier molecular flexibility index (Phi) is 5.40. The molecule has 1 atom stereocenters. The summed E-state index contributed by atoms with van der Waals surface area (Å²) in [6.45, 7) is 3.60. The molecule has 0 aliphatic carbocycles. The number of nitrogens with one attached hydrogen (secondary N) is 1. The molecule has 0 saturated carbocycles. The number of rotatable bonds is 5. The maximum absolute atomic E-state index is 12.5. The molecule has 0 bridgehead atoms. The van der Waals surface area contributed by atoms with Crippen LogP contribution in [-0.4, -0.2) is 11.2 Å². The summed E-state index contributed by atoms with van der Waals surface area (Å²) in [6.07, 6.45) is 0.729. The Morgan fingerprint density at radius 3 is 2.45 bits per heavy atom. The number of nitrogens with zero attached hydrogens (tertiary/aromatic N) is 1. The third kappa shape index (κ3) is 4.23. The van der Waals surface area contributed by atoms with Crippen molar-refractivity contribution in [3.05, 3.63) is 96.4 Å². The Balaban J connectivity index is 1.34. The molecule has 1 unspecified atom stereocenters. The molecule has 1 N–H and O–H groups in total. The van der Waals surface area contributed by atoms with Crippen LogP contribution in [0.5, 0.6) is 0 Å². The number of amides is 1. The Hall–Kier alpha value is -4.32. The minimum absolute atomic E-state index is 0.388. The summed E-state index contributed by atoms with van der Waals surface area (Å²) in [4.78, 5) is 12.5. The summed E-state index contributed by atoms with van der Waals surface area (Å²) in [5.74, 6) is 0.477. The maximum atomic E-state index is 12.5. The van der Waals surface area contributed by atoms with Gasteiger partial charge in [-0.05, 0) is 42.7 Å². The molecule has 1 amide bonds. The minimum Gasteiger partial charge on any atom is -0.464 e. The van der Waals surface area contributed by atoms with Crippen LogP contribution in [0.25, 0.3) is 33.4 Å². The smallest absolute Gasteiger partial charge is 0.412 e. The van der Waals surface area contributed by atoms with Crippen LogP contribution in [0.15, 0.2) is 94.1 Å². The highest BCUT2D eigenvalue weighted by molar-refractivity contribution is 5.91. The Bertz CT molecular complexity index is 1400. The molecule has 5 rings (SSSR count). The number of aryl methyl sites for hydroxylation is 1. The molecule has 6 nitrogen and oxygen atoms in total. The minimum atomic E-state index is -0.567. The first kappa shape index (κ1) is 20.6. The number of benzene rings is 3. The van der Waals surface area contributed by atoms with Gasteiger partial charge in [0.25, 0.3) is 0 Å². The van der Waals surface area contributed by atoms with Gasteiger partial charge in [-0.3, -0.25) is 5.32 Å². The fourth-order valence-corrected chi connectivity index (χ4v) is 3.75. The third-order valence-corrected chi connectivity index (χ3v) is 5.58. The lowest BCUT2D eigenvalue weighted by Crippen LogP contribution is -2.16. The lowest BCUT2D eigenvalue weighted by molar-refractivity contribution is 0.121. The first-order valence-electron chi connectivity index (χ1n) is 10.7. The first-order valence-corrected chi connectivity index (χ1v) is 10.7. The van der Waals surface area contributed by atoms with Crippen LogP contribution < -0.4 is 5.32 Å². The second-order valence-electron chi connectivity index (χ2n) is 7.81. The number of carbonyl (C=O) groups is 1. The van der Waals surface area contributed by atoms with Crippen molar-refractivity contribution in [2.75, 3.05) is 5.32 Å². The predicted octanol–water partition coefficient (Wildman–Crippen LogP) is 7.37. The highest BCUT2D eigenvalue weighted by atomic mass is 16.6. The van der Waals surface area contributed by atoms with Gasteiger partial charge in [-0.15, -0.1) is 0 Å². The molecule has 0 aliphatic rings. The molecule has 0 spiro atoms. The van der Waals surface area contributed by atoms with Crippen LogP contribution in [0.4, 0.5) is 10.5 Å². The predicted molar refractivity (Wildman–Crippen MR) is 127 cm³/mol. The topological polar surface area (TPSA) is 77.5 Å². The zero-order valence-electron chi connectivity index (χ0n) is 18.2. The van der Waals surface area contributed by atoms with Crippen LogP contribution in [0.2, 0.25) is 0 Å². The van der Waals surface area contributed by atoms with E-state index < -0.39 is 6.09 Å². The van der Waals surface area contributed by atoms with E-state index >= 15 is 0 Å². The SMILES string of the molecule is Cc1noc(-c2ccc(-c3ccc4ccoc4c3)cc2)c1NC(=O)OC(C)c1ccccc1. The van der Waals surface area contributed by atoms with E-state index in [1.807, 2.05) is 79.7 Å². The van der Waals surface area contributed by atoms with Gasteiger partial charge >= 0.3 is 6.09 Å². The summed E-state index contributed by atoms with van der Waals surface area (Å²) in [5, 5.41) is 7.89. The fraction of sp³-hybridized carbons (Fsp3) is 0.111. The van der Waals surface area contributed by atoms with Gasteiger partial charge in [-0.25, -0.2) is 4.79 Å². The average molecular weight is 438 g/mol. The molecule has 0 aliphatic heterocycles. The molecule has 0 radical (unpaired) electrons. The van der Waals surface area contributed by atoms with Gasteiger partial charge in [-0.1, -0.05) is 71.9 Å². The molecule has 2 heterocycles. The molecule has 33 heavy (non-hydrogen) atoms. The zero-order chi connectivity index (χ0) is 22.8. The molecular formula is C27H22N2O4. The van der Waals surface area contributed by atoms with Gasteiger partial charge in [0.05, 0.1) is 6.26 Å². The van der Waals surface area contributed by atoms with E-state index in [2.05, 4.69) is 16.5 Å². The van der Waals surface area contributed by atoms with Crippen molar-refractivity contribution in [2.24, 2.45) is 0 Å². The Morgan fingerprint density at radius 2 is 1.67 bits per heavy atom. The van der Waals surface area contributed by atoms with Crippen LogP contribution in [0.3, 0.4) is 0 Å². The Labute approximate surface area is 190 Å². The Morgan fingerprint density at radius 1 is 0.939 bits per heavy atom. The number of hydrogen-bond acceptors (Lipinski definition) is 5. The molecule has 6 heteroatoms. The monoisotopic (exact) mass is 438 g/mol. The van der Waals surface area contributed by atoms with Crippen molar-refractivity contribution < 1.29 is 18.5 Å². The second kappa shape index (κ2) is 8.67. The summed E-state index contributed by atoms with van der Waals surface area (Å²) >= 11 is 0. The van der Waals surface area contributed by atoms with Crippen molar-refractivity contribution >= 4 is 22.7 Å². The molecule has 164 valence electrons. The van der Waals surface area contributed by atoms with Crippen LogP contribution in [0, 0.1) is 6.92 Å². The first-order chi connectivity index (χ1) is 16.1. The summed E-state index contributed by atoms with van der Waals surface area (Å²) in [6, 6.07) is 25.5. The van der Waals surface area contributed by atoms with E-state index in [9.17, 15) is 4.79 Å². The van der Waals surface area contributed by atoms with Gasteiger partial charge in [0, 0.05) is 10.9 Å². The lowest BCUT2D eigenvalue weighted by atomic mass is 10.0. The van der Waals surface area contributed by atoms with Gasteiger partial charge in [0.1, 0.15) is 23.1 Å². The second-order valence-corrected chi connectivity index (χ2v) is 7.81. The summed E-state index contributed by atoms with van der Waals surface area (Å²) < 4.78 is 16.6. The van der Waals surface area contributed by atoms with Gasteiger partial charge < -0.3 is 13.7 Å². The number of carbonyl (C=O) groups excluding carboxylic acids is 1. The molecule has 0 fully saturated rings. The van der Waals surface area contributed by atoms with Crippen LogP contribution in [-0.2, 0) is 4.74 Å². The normalized spacial score (nSPS) is 11.9. The van der Waals surface area contributed by atoms with Crippen molar-refractivity contribution in [3.63, 3.8) is 0 Å². The van der Waals surface area contributed by atoms with E-state index in [1.54, 1.807) is 13.2 Å². The van der Waals surface area contributed by atoms with Crippen molar-refractivity contribution in [2.45, 2.75) is 20.0 Å². The van der Waals surface area contributed by atoms with E-state index in [4.69, 9.17) is 13.7 Å². The summed E-state index contributed by atoms with van der Waals surface area (Å²) in [5.41, 5.74) is 5.71. The molecule has 0 saturated heterocycles. The van der Waals surface area contributed by atoms with E-state index in [-0.39, 0.29) is 6.10 Å². The van der Waals surface area contributed by atoms with Gasteiger partial charge in [0.15, 0.2) is 5.76 Å². The van der Waals surface area contributed by atoms with E-state index in [0.29, 0.717) is 17.1 Å². The van der Waals surface area contributed by atoms with Crippen LogP contribution in [0.1, 0.15) is 24.3 Å². The highest BCUT2D eigenvalue weighted by Crippen LogP contribution is 2.33. The van der Waals surface area contributed by atoms with Crippen molar-refractivity contribution in [1.82, 2.24) is 5.16 Å². The summed E-state index contributed by atoms with van der Waals surface area (Å²) in [7, 11) is 0. The molecule has 3 aromatic carbocycles. The van der Waals surface area contributed by atoms with Gasteiger partial charge in [-0.2, -0.15) is 0 Å². The number of aromatic nitrogens is 1. The van der Waals surface area contributed by atoms with Crippen molar-refractivity contribution in [1.29, 1.82) is 0 Å². The zero-order valence-corrected chi connectivity index (χ0v) is 18.2. The van der Waals surface area contributed by atoms with E-state index in [1.165, 1.54) is 0 Å². The fourth-order valence-electron chi connectivity index (χ4n) is 3.75. The quantitative estimate of drug-likeness (QED) is 0.310. The van der Waals surface area contributed by atoms with E-state index in [0.717, 1.165) is 33.2 Å². The molecule has 5 aromatic rings. The third-order valence-electron chi connectivity index (χ3n) is 5.58. The average Bonchev–Trinajstić information content (AvgIpc) is 3.46. The highest BCUT2D eigenvalue weighted by Gasteiger charge is 2.20. The van der Waals surface area contributed by atoms with Gasteiger partial charge in [0.2, 0.25) is 0 Å². The number of ether oxygens (including phenoxy) is 1. The lowest BCUT2D eigenvalue weighted by Gasteiger charge is -2.14. The van der Waals surface area contributed by atoms with Crippen LogP contribution >= 0.6 is 0 Å². The maximum Gasteiger partial charge on any atom is 0.412 e. The number of fused-ring (bicyclic) bond motifs is 1. The molecular weight excluding hydrogens is 416 g/mol. The number of furan rings is 1. The molecule has 2 aromatic heterocycles. The largest absolute Gasteiger partial charge is 0.464 e. The number of anilines is 1. The van der Waals surface area contributed by atoms with Crippen molar-refractivity contribution in [3.8, 4) is 22.5 Å². The standard InChI is InChI=1S/C27H22N2O4/c1-17-25(28-27(30)32-18(2)19-6-4-3-5-7-19)26(33-29-17)22-11-8-20(9-12-22)23-13-10-21-14-15-31-24(21)16-23/h3-16,18H,1-2H3,(H,28,30). The number of hydrogen-bond donors (Lipinski definition) is 1.